The van der Waals surface area contributed by atoms with Crippen molar-refractivity contribution < 1.29 is 9.52 Å². The number of halogens is 1. The van der Waals surface area contributed by atoms with E-state index in [1.54, 1.807) is 6.20 Å². The highest BCUT2D eigenvalue weighted by Crippen LogP contribution is 2.30. The number of hydrogen-bond donors (Lipinski definition) is 1. The highest BCUT2D eigenvalue weighted by molar-refractivity contribution is 9.10. The molecule has 2 aromatic rings. The standard InChI is InChI=1S/C16H19BrN2O2/c17-15-5-4-13(21-15)11-19-9-6-12(7-10-19)16(20)14-3-1-2-8-18-14/h1-5,8,12,16,20H,6-7,9-11H2/t16-/m1/s1. The Morgan fingerprint density at radius 2 is 2.10 bits per heavy atom. The molecule has 0 amide bonds. The molecule has 1 aliphatic rings. The molecule has 1 fully saturated rings. The van der Waals surface area contributed by atoms with E-state index < -0.39 is 6.10 Å². The van der Waals surface area contributed by atoms with Crippen molar-refractivity contribution >= 4 is 15.9 Å². The fraction of sp³-hybridized carbons (Fsp3) is 0.438. The summed E-state index contributed by atoms with van der Waals surface area (Å²) in [5.74, 6) is 1.27. The quantitative estimate of drug-likeness (QED) is 0.918. The summed E-state index contributed by atoms with van der Waals surface area (Å²) < 4.78 is 6.32. The van der Waals surface area contributed by atoms with Crippen molar-refractivity contribution in [2.24, 2.45) is 5.92 Å². The molecule has 1 saturated heterocycles. The van der Waals surface area contributed by atoms with Gasteiger partial charge in [0.15, 0.2) is 4.67 Å². The number of pyridine rings is 1. The van der Waals surface area contributed by atoms with E-state index in [-0.39, 0.29) is 0 Å². The van der Waals surface area contributed by atoms with Crippen LogP contribution in [0, 0.1) is 5.92 Å². The molecule has 0 unspecified atom stereocenters. The summed E-state index contributed by atoms with van der Waals surface area (Å²) >= 11 is 3.33. The number of piperidine rings is 1. The molecule has 0 radical (unpaired) electrons. The van der Waals surface area contributed by atoms with E-state index in [0.29, 0.717) is 5.92 Å². The van der Waals surface area contributed by atoms with Crippen molar-refractivity contribution in [2.75, 3.05) is 13.1 Å². The molecule has 112 valence electrons. The number of aliphatic hydroxyl groups is 1. The lowest BCUT2D eigenvalue weighted by Crippen LogP contribution is -2.35. The minimum absolute atomic E-state index is 0.291. The van der Waals surface area contributed by atoms with Crippen LogP contribution in [0.4, 0.5) is 0 Å². The minimum atomic E-state index is -0.453. The summed E-state index contributed by atoms with van der Waals surface area (Å²) in [7, 11) is 0. The molecule has 3 heterocycles. The van der Waals surface area contributed by atoms with Crippen LogP contribution in [0.1, 0.15) is 30.4 Å². The van der Waals surface area contributed by atoms with E-state index in [0.717, 1.165) is 48.6 Å². The minimum Gasteiger partial charge on any atom is -0.453 e. The van der Waals surface area contributed by atoms with Crippen molar-refractivity contribution in [3.05, 3.63) is 52.7 Å². The maximum absolute atomic E-state index is 10.4. The van der Waals surface area contributed by atoms with Gasteiger partial charge in [-0.1, -0.05) is 6.07 Å². The molecule has 2 aromatic heterocycles. The number of likely N-dealkylation sites (tertiary alicyclic amines) is 1. The van der Waals surface area contributed by atoms with Gasteiger partial charge in [0, 0.05) is 6.20 Å². The molecule has 1 aliphatic heterocycles. The Morgan fingerprint density at radius 3 is 2.71 bits per heavy atom. The largest absolute Gasteiger partial charge is 0.453 e. The SMILES string of the molecule is O[C@@H](c1ccccn1)C1CCN(Cc2ccc(Br)o2)CC1. The second kappa shape index (κ2) is 6.73. The van der Waals surface area contributed by atoms with Gasteiger partial charge in [-0.05, 0) is 72.0 Å². The third-order valence-corrected chi connectivity index (χ3v) is 4.50. The van der Waals surface area contributed by atoms with Crippen LogP contribution in [-0.4, -0.2) is 28.1 Å². The van der Waals surface area contributed by atoms with Gasteiger partial charge < -0.3 is 9.52 Å². The number of aromatic nitrogens is 1. The summed E-state index contributed by atoms with van der Waals surface area (Å²) in [6.07, 6.45) is 3.26. The maximum atomic E-state index is 10.4. The maximum Gasteiger partial charge on any atom is 0.169 e. The van der Waals surface area contributed by atoms with E-state index in [2.05, 4.69) is 25.8 Å². The Bertz CT molecular complexity index is 565. The molecule has 4 nitrogen and oxygen atoms in total. The fourth-order valence-electron chi connectivity index (χ4n) is 2.88. The van der Waals surface area contributed by atoms with Crippen molar-refractivity contribution in [1.82, 2.24) is 9.88 Å². The summed E-state index contributed by atoms with van der Waals surface area (Å²) in [5.41, 5.74) is 0.783. The Hall–Kier alpha value is -1.17. The van der Waals surface area contributed by atoms with E-state index in [4.69, 9.17) is 4.42 Å². The van der Waals surface area contributed by atoms with Crippen LogP contribution in [0.15, 0.2) is 45.6 Å². The zero-order valence-electron chi connectivity index (χ0n) is 11.8. The first kappa shape index (κ1) is 14.8. The monoisotopic (exact) mass is 350 g/mol. The Morgan fingerprint density at radius 1 is 1.29 bits per heavy atom. The number of rotatable bonds is 4. The Kier molecular flexibility index (Phi) is 4.73. The van der Waals surface area contributed by atoms with Crippen LogP contribution in [0.25, 0.3) is 0 Å². The molecule has 1 N–H and O–H groups in total. The van der Waals surface area contributed by atoms with Crippen LogP contribution in [0.2, 0.25) is 0 Å². The molecular weight excluding hydrogens is 332 g/mol. The number of hydrogen-bond acceptors (Lipinski definition) is 4. The van der Waals surface area contributed by atoms with Gasteiger partial charge in [0.25, 0.3) is 0 Å². The lowest BCUT2D eigenvalue weighted by atomic mass is 9.89. The lowest BCUT2D eigenvalue weighted by Gasteiger charge is -2.33. The van der Waals surface area contributed by atoms with Gasteiger partial charge in [-0.25, -0.2) is 0 Å². The average molecular weight is 351 g/mol. The molecule has 0 aromatic carbocycles. The van der Waals surface area contributed by atoms with Crippen molar-refractivity contribution in [1.29, 1.82) is 0 Å². The topological polar surface area (TPSA) is 49.5 Å². The van der Waals surface area contributed by atoms with Gasteiger partial charge >= 0.3 is 0 Å². The molecule has 3 rings (SSSR count). The summed E-state index contributed by atoms with van der Waals surface area (Å²) in [4.78, 5) is 6.63. The smallest absolute Gasteiger partial charge is 0.169 e. The van der Waals surface area contributed by atoms with E-state index in [1.165, 1.54) is 0 Å². The van der Waals surface area contributed by atoms with Crippen LogP contribution >= 0.6 is 15.9 Å². The molecule has 0 spiro atoms. The first-order chi connectivity index (χ1) is 10.2. The second-order valence-electron chi connectivity index (χ2n) is 5.52. The Balaban J connectivity index is 1.53. The zero-order valence-corrected chi connectivity index (χ0v) is 13.4. The third-order valence-electron chi connectivity index (χ3n) is 4.08. The van der Waals surface area contributed by atoms with Gasteiger partial charge in [-0.2, -0.15) is 0 Å². The fourth-order valence-corrected chi connectivity index (χ4v) is 3.22. The lowest BCUT2D eigenvalue weighted by molar-refractivity contribution is 0.0521. The molecule has 1 atom stereocenters. The van der Waals surface area contributed by atoms with E-state index >= 15 is 0 Å². The normalized spacial score (nSPS) is 18.8. The first-order valence-corrected chi connectivity index (χ1v) is 8.07. The van der Waals surface area contributed by atoms with Gasteiger partial charge in [-0.3, -0.25) is 9.88 Å². The average Bonchev–Trinajstić information content (AvgIpc) is 2.93. The highest BCUT2D eigenvalue weighted by Gasteiger charge is 2.27. The summed E-state index contributed by atoms with van der Waals surface area (Å²) in [6.45, 7) is 2.79. The number of nitrogens with zero attached hydrogens (tertiary/aromatic N) is 2. The first-order valence-electron chi connectivity index (χ1n) is 7.28. The van der Waals surface area contributed by atoms with Gasteiger partial charge in [0.05, 0.1) is 18.3 Å². The summed E-state index contributed by atoms with van der Waals surface area (Å²) in [5, 5.41) is 10.4. The van der Waals surface area contributed by atoms with Gasteiger partial charge in [0.2, 0.25) is 0 Å². The Labute approximate surface area is 132 Å². The van der Waals surface area contributed by atoms with E-state index in [1.807, 2.05) is 30.3 Å². The molecule has 21 heavy (non-hydrogen) atoms. The molecule has 0 saturated carbocycles. The number of furan rings is 1. The predicted octanol–water partition coefficient (Wildman–Crippen LogP) is 3.38. The molecule has 5 heteroatoms. The van der Waals surface area contributed by atoms with Crippen molar-refractivity contribution in [3.63, 3.8) is 0 Å². The predicted molar refractivity (Wildman–Crippen MR) is 83.6 cm³/mol. The molecular formula is C16H19BrN2O2. The third kappa shape index (κ3) is 3.73. The number of aliphatic hydroxyl groups excluding tert-OH is 1. The van der Waals surface area contributed by atoms with Gasteiger partial charge in [-0.15, -0.1) is 0 Å². The van der Waals surface area contributed by atoms with Crippen LogP contribution < -0.4 is 0 Å². The van der Waals surface area contributed by atoms with Crippen molar-refractivity contribution in [2.45, 2.75) is 25.5 Å². The van der Waals surface area contributed by atoms with Gasteiger partial charge in [0.1, 0.15) is 5.76 Å². The van der Waals surface area contributed by atoms with Crippen LogP contribution in [0.3, 0.4) is 0 Å². The highest BCUT2D eigenvalue weighted by atomic mass is 79.9. The van der Waals surface area contributed by atoms with Crippen LogP contribution in [0.5, 0.6) is 0 Å². The molecule has 0 bridgehead atoms. The van der Waals surface area contributed by atoms with Crippen LogP contribution in [-0.2, 0) is 6.54 Å². The summed E-state index contributed by atoms with van der Waals surface area (Å²) in [6, 6.07) is 9.62. The van der Waals surface area contributed by atoms with Crippen molar-refractivity contribution in [3.8, 4) is 0 Å². The zero-order chi connectivity index (χ0) is 14.7. The molecule has 0 aliphatic carbocycles. The van der Waals surface area contributed by atoms with E-state index in [9.17, 15) is 5.11 Å². The second-order valence-corrected chi connectivity index (χ2v) is 6.30.